The molecule has 4 nitrogen and oxygen atoms in total. The number of sulfonamides is 1. The van der Waals surface area contributed by atoms with E-state index in [1.165, 1.54) is 19.2 Å². The van der Waals surface area contributed by atoms with E-state index in [0.29, 0.717) is 5.56 Å². The van der Waals surface area contributed by atoms with Crippen molar-refractivity contribution in [1.29, 1.82) is 0 Å². The minimum absolute atomic E-state index is 0.0648. The molecular formula is C14H16FNO3S2. The summed E-state index contributed by atoms with van der Waals surface area (Å²) in [6.45, 7) is 1.58. The molecule has 0 amide bonds. The van der Waals surface area contributed by atoms with Crippen LogP contribution in [0.1, 0.15) is 12.5 Å². The lowest BCUT2D eigenvalue weighted by Crippen LogP contribution is -2.40. The molecule has 0 bridgehead atoms. The average molecular weight is 329 g/mol. The molecule has 0 aliphatic heterocycles. The van der Waals surface area contributed by atoms with Crippen LogP contribution in [0.25, 0.3) is 0 Å². The van der Waals surface area contributed by atoms with Gasteiger partial charge >= 0.3 is 0 Å². The quantitative estimate of drug-likeness (QED) is 0.886. The third-order valence-electron chi connectivity index (χ3n) is 3.25. The molecule has 0 saturated carbocycles. The second-order valence-corrected chi connectivity index (χ2v) is 7.61. The number of hydrogen-bond acceptors (Lipinski definition) is 4. The second-order valence-electron chi connectivity index (χ2n) is 4.67. The summed E-state index contributed by atoms with van der Waals surface area (Å²) in [5, 5.41) is 1.68. The molecule has 0 aliphatic carbocycles. The molecule has 0 fully saturated rings. The van der Waals surface area contributed by atoms with Crippen molar-refractivity contribution in [2.45, 2.75) is 16.7 Å². The van der Waals surface area contributed by atoms with Crippen LogP contribution in [0, 0.1) is 5.82 Å². The Labute approximate surface area is 127 Å². The molecule has 1 N–H and O–H groups in total. The standard InChI is InChI=1S/C14H16FNO3S2/c1-14(19-2,11-6-3-4-7-12(11)15)10-16-21(17,18)13-8-5-9-20-13/h3-9,16H,10H2,1-2H3/t14-/m1/s1. The fraction of sp³-hybridized carbons (Fsp3) is 0.286. The van der Waals surface area contributed by atoms with Crippen LogP contribution in [0.4, 0.5) is 4.39 Å². The number of hydrogen-bond donors (Lipinski definition) is 1. The van der Waals surface area contributed by atoms with E-state index in [1.807, 2.05) is 0 Å². The zero-order valence-electron chi connectivity index (χ0n) is 11.7. The Hall–Kier alpha value is -1.28. The minimum atomic E-state index is -3.62. The normalized spacial score (nSPS) is 14.8. The smallest absolute Gasteiger partial charge is 0.250 e. The van der Waals surface area contributed by atoms with Crippen molar-refractivity contribution in [3.05, 3.63) is 53.2 Å². The van der Waals surface area contributed by atoms with Gasteiger partial charge in [0.15, 0.2) is 0 Å². The van der Waals surface area contributed by atoms with Crippen LogP contribution in [-0.4, -0.2) is 22.1 Å². The predicted octanol–water partition coefficient (Wildman–Crippen LogP) is 2.73. The molecule has 2 aromatic rings. The molecule has 1 aromatic carbocycles. The van der Waals surface area contributed by atoms with Crippen molar-refractivity contribution >= 4 is 21.4 Å². The SMILES string of the molecule is CO[C@](C)(CNS(=O)(=O)c1cccs1)c1ccccc1F. The molecular weight excluding hydrogens is 313 g/mol. The molecule has 2 rings (SSSR count). The molecule has 1 heterocycles. The van der Waals surface area contributed by atoms with Gasteiger partial charge in [-0.1, -0.05) is 24.3 Å². The number of nitrogens with one attached hydrogen (secondary N) is 1. The molecule has 0 aliphatic rings. The van der Waals surface area contributed by atoms with Gasteiger partial charge in [-0.25, -0.2) is 17.5 Å². The topological polar surface area (TPSA) is 55.4 Å². The van der Waals surface area contributed by atoms with E-state index in [1.54, 1.807) is 36.6 Å². The van der Waals surface area contributed by atoms with E-state index in [9.17, 15) is 12.8 Å². The van der Waals surface area contributed by atoms with Gasteiger partial charge in [-0.15, -0.1) is 11.3 Å². The monoisotopic (exact) mass is 329 g/mol. The molecule has 1 atom stereocenters. The highest BCUT2D eigenvalue weighted by Crippen LogP contribution is 2.27. The Morgan fingerprint density at radius 2 is 2.00 bits per heavy atom. The summed E-state index contributed by atoms with van der Waals surface area (Å²) in [5.41, 5.74) is -0.781. The largest absolute Gasteiger partial charge is 0.372 e. The van der Waals surface area contributed by atoms with Crippen LogP contribution in [0.5, 0.6) is 0 Å². The van der Waals surface area contributed by atoms with Gasteiger partial charge in [0, 0.05) is 19.2 Å². The van der Waals surface area contributed by atoms with Gasteiger partial charge in [-0.05, 0) is 24.4 Å². The summed E-state index contributed by atoms with van der Waals surface area (Å²) in [6, 6.07) is 9.33. The van der Waals surface area contributed by atoms with Gasteiger partial charge in [0.2, 0.25) is 10.0 Å². The zero-order chi connectivity index (χ0) is 15.5. The first-order valence-corrected chi connectivity index (χ1v) is 8.59. The van der Waals surface area contributed by atoms with Crippen molar-refractivity contribution < 1.29 is 17.5 Å². The van der Waals surface area contributed by atoms with Crippen LogP contribution in [0.2, 0.25) is 0 Å². The van der Waals surface area contributed by atoms with Gasteiger partial charge in [-0.3, -0.25) is 0 Å². The summed E-state index contributed by atoms with van der Waals surface area (Å²) < 4.78 is 46.2. The molecule has 7 heteroatoms. The number of benzene rings is 1. The van der Waals surface area contributed by atoms with Gasteiger partial charge < -0.3 is 4.74 Å². The molecule has 114 valence electrons. The molecule has 0 unspecified atom stereocenters. The fourth-order valence-electron chi connectivity index (χ4n) is 1.89. The Kier molecular flexibility index (Phi) is 4.77. The van der Waals surface area contributed by atoms with Gasteiger partial charge in [0.25, 0.3) is 0 Å². The highest BCUT2D eigenvalue weighted by atomic mass is 32.2. The van der Waals surface area contributed by atoms with Crippen LogP contribution in [0.15, 0.2) is 46.0 Å². The first-order valence-electron chi connectivity index (χ1n) is 6.22. The van der Waals surface area contributed by atoms with Crippen molar-refractivity contribution in [3.8, 4) is 0 Å². The summed E-state index contributed by atoms with van der Waals surface area (Å²) in [5.74, 6) is -0.433. The predicted molar refractivity (Wildman–Crippen MR) is 80.3 cm³/mol. The molecule has 1 aromatic heterocycles. The lowest BCUT2D eigenvalue weighted by molar-refractivity contribution is 0.00411. The highest BCUT2D eigenvalue weighted by Gasteiger charge is 2.31. The Morgan fingerprint density at radius 1 is 1.29 bits per heavy atom. The van der Waals surface area contributed by atoms with Gasteiger partial charge in [0.05, 0.1) is 0 Å². The summed E-state index contributed by atoms with van der Waals surface area (Å²) in [6.07, 6.45) is 0. The first kappa shape index (κ1) is 16.1. The maximum absolute atomic E-state index is 13.9. The molecule has 21 heavy (non-hydrogen) atoms. The van der Waals surface area contributed by atoms with E-state index in [0.717, 1.165) is 11.3 Å². The van der Waals surface area contributed by atoms with E-state index in [4.69, 9.17) is 4.74 Å². The lowest BCUT2D eigenvalue weighted by Gasteiger charge is -2.29. The third kappa shape index (κ3) is 3.49. The number of thiophene rings is 1. The number of ether oxygens (including phenoxy) is 1. The maximum Gasteiger partial charge on any atom is 0.250 e. The fourth-order valence-corrected chi connectivity index (χ4v) is 4.05. The Morgan fingerprint density at radius 3 is 2.57 bits per heavy atom. The van der Waals surface area contributed by atoms with Crippen molar-refractivity contribution in [1.82, 2.24) is 4.72 Å². The lowest BCUT2D eigenvalue weighted by atomic mass is 9.95. The summed E-state index contributed by atoms with van der Waals surface area (Å²) >= 11 is 1.12. The van der Waals surface area contributed by atoms with E-state index < -0.39 is 21.4 Å². The molecule has 0 spiro atoms. The van der Waals surface area contributed by atoms with Crippen LogP contribution in [0.3, 0.4) is 0 Å². The van der Waals surface area contributed by atoms with Crippen molar-refractivity contribution in [2.24, 2.45) is 0 Å². The maximum atomic E-state index is 13.9. The minimum Gasteiger partial charge on any atom is -0.372 e. The van der Waals surface area contributed by atoms with Gasteiger partial charge in [-0.2, -0.15) is 0 Å². The average Bonchev–Trinajstić information content (AvgIpc) is 3.00. The van der Waals surface area contributed by atoms with Gasteiger partial charge in [0.1, 0.15) is 15.6 Å². The van der Waals surface area contributed by atoms with Crippen LogP contribution >= 0.6 is 11.3 Å². The van der Waals surface area contributed by atoms with E-state index in [-0.39, 0.29) is 10.8 Å². The van der Waals surface area contributed by atoms with Crippen LogP contribution < -0.4 is 4.72 Å². The third-order valence-corrected chi connectivity index (χ3v) is 6.05. The highest BCUT2D eigenvalue weighted by molar-refractivity contribution is 7.91. The second kappa shape index (κ2) is 6.23. The first-order chi connectivity index (χ1) is 9.89. The van der Waals surface area contributed by atoms with Crippen molar-refractivity contribution in [3.63, 3.8) is 0 Å². The zero-order valence-corrected chi connectivity index (χ0v) is 13.3. The van der Waals surface area contributed by atoms with Crippen molar-refractivity contribution in [2.75, 3.05) is 13.7 Å². The number of halogens is 1. The summed E-state index contributed by atoms with van der Waals surface area (Å²) in [7, 11) is -2.19. The number of methoxy groups -OCH3 is 1. The van der Waals surface area contributed by atoms with Crippen LogP contribution in [-0.2, 0) is 20.4 Å². The molecule has 0 saturated heterocycles. The van der Waals surface area contributed by atoms with E-state index >= 15 is 0 Å². The Balaban J connectivity index is 2.22. The molecule has 0 radical (unpaired) electrons. The Bertz CT molecular complexity index is 701. The summed E-state index contributed by atoms with van der Waals surface area (Å²) in [4.78, 5) is 0. The van der Waals surface area contributed by atoms with E-state index in [2.05, 4.69) is 4.72 Å². The number of rotatable bonds is 6.